The third-order valence-electron chi connectivity index (χ3n) is 4.06. The number of benzene rings is 2. The highest BCUT2D eigenvalue weighted by atomic mass is 35.5. The molecule has 1 unspecified atom stereocenters. The molecule has 1 aliphatic heterocycles. The molecule has 1 saturated heterocycles. The largest absolute Gasteiger partial charge is 0.399 e. The molecule has 1 aliphatic rings. The van der Waals surface area contributed by atoms with Gasteiger partial charge in [0, 0.05) is 37.8 Å². The number of anilines is 1. The predicted molar refractivity (Wildman–Crippen MR) is 95.3 cm³/mol. The topological polar surface area (TPSA) is 58.4 Å². The molecule has 3 N–H and O–H groups in total. The summed E-state index contributed by atoms with van der Waals surface area (Å²) < 4.78 is 0. The van der Waals surface area contributed by atoms with Gasteiger partial charge in [0.25, 0.3) is 0 Å². The maximum atomic E-state index is 12.0. The fourth-order valence-electron chi connectivity index (χ4n) is 2.99. The number of halogens is 1. The molecule has 0 spiro atoms. The highest BCUT2D eigenvalue weighted by Gasteiger charge is 2.26. The van der Waals surface area contributed by atoms with Crippen molar-refractivity contribution < 1.29 is 4.79 Å². The van der Waals surface area contributed by atoms with E-state index in [0.29, 0.717) is 13.0 Å². The molecule has 2 aromatic rings. The van der Waals surface area contributed by atoms with E-state index in [1.54, 1.807) is 0 Å². The number of rotatable bonds is 3. The molecule has 1 fully saturated rings. The average Bonchev–Trinajstić information content (AvgIpc) is 2.70. The summed E-state index contributed by atoms with van der Waals surface area (Å²) >= 11 is 0. The molecule has 0 aromatic heterocycles. The Morgan fingerprint density at radius 1 is 1.13 bits per heavy atom. The molecule has 0 saturated carbocycles. The lowest BCUT2D eigenvalue weighted by Crippen LogP contribution is -2.30. The van der Waals surface area contributed by atoms with E-state index in [2.05, 4.69) is 28.4 Å². The molecule has 1 amide bonds. The van der Waals surface area contributed by atoms with Crippen LogP contribution in [0.25, 0.3) is 0 Å². The number of carbonyl (C=O) groups excluding carboxylic acids is 1. The van der Waals surface area contributed by atoms with Gasteiger partial charge >= 0.3 is 0 Å². The first-order chi connectivity index (χ1) is 10.7. The van der Waals surface area contributed by atoms with Crippen molar-refractivity contribution in [3.8, 4) is 0 Å². The summed E-state index contributed by atoms with van der Waals surface area (Å²) in [4.78, 5) is 14.3. The van der Waals surface area contributed by atoms with Crippen molar-refractivity contribution in [1.82, 2.24) is 10.2 Å². The van der Waals surface area contributed by atoms with Crippen LogP contribution < -0.4 is 11.1 Å². The Balaban J connectivity index is 0.00000192. The minimum absolute atomic E-state index is 0. The molecule has 122 valence electrons. The normalized spacial score (nSPS) is 18.6. The Morgan fingerprint density at radius 2 is 1.91 bits per heavy atom. The smallest absolute Gasteiger partial charge is 0.221 e. The second kappa shape index (κ2) is 7.99. The van der Waals surface area contributed by atoms with Crippen molar-refractivity contribution in [3.05, 3.63) is 65.7 Å². The summed E-state index contributed by atoms with van der Waals surface area (Å²) in [5, 5.41) is 2.97. The zero-order valence-corrected chi connectivity index (χ0v) is 13.8. The maximum Gasteiger partial charge on any atom is 0.221 e. The van der Waals surface area contributed by atoms with Gasteiger partial charge in [0.2, 0.25) is 5.91 Å². The van der Waals surface area contributed by atoms with Gasteiger partial charge in [-0.2, -0.15) is 0 Å². The molecule has 5 heteroatoms. The lowest BCUT2D eigenvalue weighted by atomic mass is 10.0. The van der Waals surface area contributed by atoms with Crippen LogP contribution in [-0.4, -0.2) is 23.9 Å². The fraction of sp³-hybridized carbons (Fsp3) is 0.278. The van der Waals surface area contributed by atoms with Crippen LogP contribution in [0, 0.1) is 0 Å². The molecular formula is C18H22ClN3O. The molecular weight excluding hydrogens is 310 g/mol. The zero-order chi connectivity index (χ0) is 15.4. The first-order valence-electron chi connectivity index (χ1n) is 7.62. The van der Waals surface area contributed by atoms with Crippen LogP contribution in [0.1, 0.15) is 23.6 Å². The van der Waals surface area contributed by atoms with Gasteiger partial charge in [-0.25, -0.2) is 0 Å². The van der Waals surface area contributed by atoms with Gasteiger partial charge in [-0.15, -0.1) is 12.4 Å². The number of amides is 1. The Labute approximate surface area is 143 Å². The molecule has 2 aromatic carbocycles. The van der Waals surface area contributed by atoms with Gasteiger partial charge in [0.15, 0.2) is 0 Å². The highest BCUT2D eigenvalue weighted by molar-refractivity contribution is 5.85. The third-order valence-corrected chi connectivity index (χ3v) is 4.06. The lowest BCUT2D eigenvalue weighted by molar-refractivity contribution is -0.121. The second-order valence-corrected chi connectivity index (χ2v) is 5.70. The maximum absolute atomic E-state index is 12.0. The number of hydrogen-bond acceptors (Lipinski definition) is 3. The number of nitrogen functional groups attached to an aromatic ring is 1. The number of nitrogens with zero attached hydrogens (tertiary/aromatic N) is 1. The third kappa shape index (κ3) is 4.47. The molecule has 0 radical (unpaired) electrons. The van der Waals surface area contributed by atoms with Gasteiger partial charge < -0.3 is 11.1 Å². The monoisotopic (exact) mass is 331 g/mol. The number of nitrogens with two attached hydrogens (primary N) is 1. The van der Waals surface area contributed by atoms with Gasteiger partial charge in [-0.3, -0.25) is 9.69 Å². The van der Waals surface area contributed by atoms with Gasteiger partial charge in [0.05, 0.1) is 0 Å². The Hall–Kier alpha value is -2.04. The zero-order valence-electron chi connectivity index (χ0n) is 12.9. The van der Waals surface area contributed by atoms with E-state index in [-0.39, 0.29) is 24.4 Å². The van der Waals surface area contributed by atoms with Gasteiger partial charge in [0.1, 0.15) is 0 Å². The molecule has 1 heterocycles. The first-order valence-corrected chi connectivity index (χ1v) is 7.62. The van der Waals surface area contributed by atoms with E-state index in [1.807, 2.05) is 36.4 Å². The Morgan fingerprint density at radius 3 is 2.65 bits per heavy atom. The number of carbonyl (C=O) groups is 1. The van der Waals surface area contributed by atoms with Crippen molar-refractivity contribution >= 4 is 24.0 Å². The van der Waals surface area contributed by atoms with Crippen LogP contribution >= 0.6 is 12.4 Å². The SMILES string of the molecule is Cl.Nc1cccc(CN2CCNC(=O)CC2c2ccccc2)c1. The standard InChI is InChI=1S/C18H21N3O.ClH/c19-16-8-4-5-14(11-16)13-21-10-9-20-18(22)12-17(21)15-6-2-1-3-7-15;/h1-8,11,17H,9-10,12-13,19H2,(H,20,22);1H. The van der Waals surface area contributed by atoms with Crippen LogP contribution in [0.5, 0.6) is 0 Å². The van der Waals surface area contributed by atoms with Crippen LogP contribution in [0.4, 0.5) is 5.69 Å². The number of hydrogen-bond donors (Lipinski definition) is 2. The van der Waals surface area contributed by atoms with E-state index in [0.717, 1.165) is 18.8 Å². The molecule has 3 rings (SSSR count). The van der Waals surface area contributed by atoms with Crippen molar-refractivity contribution in [1.29, 1.82) is 0 Å². The van der Waals surface area contributed by atoms with Crippen molar-refractivity contribution in [3.63, 3.8) is 0 Å². The fourth-order valence-corrected chi connectivity index (χ4v) is 2.99. The first kappa shape index (κ1) is 17.3. The second-order valence-electron chi connectivity index (χ2n) is 5.70. The predicted octanol–water partition coefficient (Wildman–Crippen LogP) is 2.75. The van der Waals surface area contributed by atoms with Crippen LogP contribution in [-0.2, 0) is 11.3 Å². The van der Waals surface area contributed by atoms with E-state index in [9.17, 15) is 4.79 Å². The summed E-state index contributed by atoms with van der Waals surface area (Å²) in [6.07, 6.45) is 0.492. The lowest BCUT2D eigenvalue weighted by Gasteiger charge is -2.29. The van der Waals surface area contributed by atoms with E-state index < -0.39 is 0 Å². The average molecular weight is 332 g/mol. The van der Waals surface area contributed by atoms with Gasteiger partial charge in [-0.05, 0) is 23.3 Å². The molecule has 0 bridgehead atoms. The molecule has 4 nitrogen and oxygen atoms in total. The summed E-state index contributed by atoms with van der Waals surface area (Å²) in [6.45, 7) is 2.31. The molecule has 0 aliphatic carbocycles. The summed E-state index contributed by atoms with van der Waals surface area (Å²) in [7, 11) is 0. The van der Waals surface area contributed by atoms with Crippen LogP contribution in [0.15, 0.2) is 54.6 Å². The van der Waals surface area contributed by atoms with Crippen LogP contribution in [0.2, 0.25) is 0 Å². The summed E-state index contributed by atoms with van der Waals surface area (Å²) in [6, 6.07) is 18.3. The van der Waals surface area contributed by atoms with Crippen molar-refractivity contribution in [2.45, 2.75) is 19.0 Å². The molecule has 23 heavy (non-hydrogen) atoms. The van der Waals surface area contributed by atoms with Crippen molar-refractivity contribution in [2.24, 2.45) is 0 Å². The Kier molecular flexibility index (Phi) is 6.02. The summed E-state index contributed by atoms with van der Waals surface area (Å²) in [5.41, 5.74) is 9.01. The Bertz CT molecular complexity index is 648. The quantitative estimate of drug-likeness (QED) is 0.850. The van der Waals surface area contributed by atoms with Crippen LogP contribution in [0.3, 0.4) is 0 Å². The minimum atomic E-state index is 0. The number of nitrogens with one attached hydrogen (secondary N) is 1. The van der Waals surface area contributed by atoms with E-state index in [1.165, 1.54) is 11.1 Å². The minimum Gasteiger partial charge on any atom is -0.399 e. The van der Waals surface area contributed by atoms with Crippen molar-refractivity contribution in [2.75, 3.05) is 18.8 Å². The highest BCUT2D eigenvalue weighted by Crippen LogP contribution is 2.27. The molecule has 1 atom stereocenters. The van der Waals surface area contributed by atoms with Gasteiger partial charge in [-0.1, -0.05) is 42.5 Å². The van der Waals surface area contributed by atoms with E-state index in [4.69, 9.17) is 5.73 Å². The van der Waals surface area contributed by atoms with E-state index >= 15 is 0 Å². The summed E-state index contributed by atoms with van der Waals surface area (Å²) in [5.74, 6) is 0.115.